The topological polar surface area (TPSA) is 0 Å². The fourth-order valence-corrected chi connectivity index (χ4v) is 4.05. The molecule has 1 fully saturated rings. The second-order valence-electron chi connectivity index (χ2n) is 6.83. The van der Waals surface area contributed by atoms with Gasteiger partial charge in [-0.05, 0) is 35.3 Å². The number of rotatable bonds is 0. The van der Waals surface area contributed by atoms with Gasteiger partial charge in [0.15, 0.2) is 0 Å². The molecule has 1 heteroatoms. The van der Waals surface area contributed by atoms with Crippen molar-refractivity contribution in [3.8, 4) is 0 Å². The Balaban J connectivity index is 2.47. The molecule has 1 saturated heterocycles. The van der Waals surface area contributed by atoms with Crippen molar-refractivity contribution in [2.75, 3.05) is 5.75 Å². The zero-order valence-electron chi connectivity index (χ0n) is 10.7. The van der Waals surface area contributed by atoms with E-state index in [2.05, 4.69) is 53.3 Å². The summed E-state index contributed by atoms with van der Waals surface area (Å²) in [5.41, 5.74) is 1.00. The van der Waals surface area contributed by atoms with Crippen LogP contribution in [0.1, 0.15) is 54.4 Å². The van der Waals surface area contributed by atoms with Gasteiger partial charge in [0.1, 0.15) is 0 Å². The summed E-state index contributed by atoms with van der Waals surface area (Å²) in [6, 6.07) is 0. The minimum atomic E-state index is 0.494. The first-order valence-corrected chi connectivity index (χ1v) is 6.88. The summed E-state index contributed by atoms with van der Waals surface area (Å²) in [5, 5.41) is 0.876. The van der Waals surface area contributed by atoms with Gasteiger partial charge in [-0.3, -0.25) is 0 Å². The van der Waals surface area contributed by atoms with Crippen molar-refractivity contribution in [1.82, 2.24) is 0 Å². The fraction of sp³-hybridized carbons (Fsp3) is 1.00. The lowest BCUT2D eigenvalue weighted by molar-refractivity contribution is 0.226. The third-order valence-electron chi connectivity index (χ3n) is 3.47. The third-order valence-corrected chi connectivity index (χ3v) is 5.41. The minimum absolute atomic E-state index is 0.494. The maximum Gasteiger partial charge on any atom is 0.00958 e. The highest BCUT2D eigenvalue weighted by Crippen LogP contribution is 2.44. The van der Waals surface area contributed by atoms with Gasteiger partial charge in [0.05, 0.1) is 0 Å². The van der Waals surface area contributed by atoms with E-state index in [1.807, 2.05) is 0 Å². The molecule has 1 rings (SSSR count). The molecule has 14 heavy (non-hydrogen) atoms. The van der Waals surface area contributed by atoms with Crippen molar-refractivity contribution in [1.29, 1.82) is 0 Å². The summed E-state index contributed by atoms with van der Waals surface area (Å²) in [4.78, 5) is 0. The zero-order chi connectivity index (χ0) is 11.0. The highest BCUT2D eigenvalue weighted by Gasteiger charge is 2.34. The molecule has 0 aliphatic carbocycles. The fourth-order valence-electron chi connectivity index (χ4n) is 2.12. The molecule has 0 aromatic heterocycles. The van der Waals surface area contributed by atoms with Gasteiger partial charge in [0, 0.05) is 5.25 Å². The minimum Gasteiger partial charge on any atom is -0.158 e. The molecular formula is C13H26S. The summed E-state index contributed by atoms with van der Waals surface area (Å²) in [6.07, 6.45) is 2.84. The van der Waals surface area contributed by atoms with E-state index in [1.54, 1.807) is 0 Å². The summed E-state index contributed by atoms with van der Waals surface area (Å²) in [5.74, 6) is 2.29. The van der Waals surface area contributed by atoms with E-state index in [9.17, 15) is 0 Å². The van der Waals surface area contributed by atoms with Crippen molar-refractivity contribution in [3.05, 3.63) is 0 Å². The van der Waals surface area contributed by atoms with Crippen LogP contribution in [0.2, 0.25) is 0 Å². The van der Waals surface area contributed by atoms with Crippen molar-refractivity contribution in [2.24, 2.45) is 16.7 Å². The van der Waals surface area contributed by atoms with E-state index in [4.69, 9.17) is 0 Å². The van der Waals surface area contributed by atoms with Gasteiger partial charge in [0.2, 0.25) is 0 Å². The molecule has 0 radical (unpaired) electrons. The maximum absolute atomic E-state index is 2.38. The predicted octanol–water partition coefficient (Wildman–Crippen LogP) is 4.59. The molecule has 0 aromatic rings. The van der Waals surface area contributed by atoms with Gasteiger partial charge in [-0.15, -0.1) is 0 Å². The molecule has 0 amide bonds. The Hall–Kier alpha value is 0.350. The Kier molecular flexibility index (Phi) is 3.62. The molecule has 0 spiro atoms. The van der Waals surface area contributed by atoms with Crippen molar-refractivity contribution in [3.63, 3.8) is 0 Å². The average Bonchev–Trinajstić information content (AvgIpc) is 2.01. The lowest BCUT2D eigenvalue weighted by atomic mass is 9.77. The van der Waals surface area contributed by atoms with Crippen molar-refractivity contribution in [2.45, 2.75) is 59.6 Å². The van der Waals surface area contributed by atoms with E-state index in [1.165, 1.54) is 18.6 Å². The third kappa shape index (κ3) is 3.18. The van der Waals surface area contributed by atoms with Crippen LogP contribution in [0.25, 0.3) is 0 Å². The summed E-state index contributed by atoms with van der Waals surface area (Å²) in [6.45, 7) is 14.3. The Labute approximate surface area is 94.2 Å². The van der Waals surface area contributed by atoms with Crippen LogP contribution in [-0.4, -0.2) is 11.0 Å². The standard InChI is InChI=1S/C13H26S/c1-12(2,3)10-7-8-11(14-9-10)13(4,5)6/h10-11H,7-9H2,1-6H3. The molecule has 84 valence electrons. The molecule has 2 atom stereocenters. The predicted molar refractivity (Wildman–Crippen MR) is 67.9 cm³/mol. The SMILES string of the molecule is CC(C)(C)C1CCC(C(C)(C)C)SC1. The van der Waals surface area contributed by atoms with E-state index < -0.39 is 0 Å². The van der Waals surface area contributed by atoms with Gasteiger partial charge in [-0.2, -0.15) is 11.8 Å². The molecule has 0 nitrogen and oxygen atoms in total. The highest BCUT2D eigenvalue weighted by atomic mass is 32.2. The van der Waals surface area contributed by atoms with Crippen molar-refractivity contribution >= 4 is 11.8 Å². The van der Waals surface area contributed by atoms with Crippen LogP contribution in [0.5, 0.6) is 0 Å². The molecular weight excluding hydrogens is 188 g/mol. The monoisotopic (exact) mass is 214 g/mol. The van der Waals surface area contributed by atoms with E-state index in [0.717, 1.165) is 11.2 Å². The molecule has 0 bridgehead atoms. The van der Waals surface area contributed by atoms with Gasteiger partial charge < -0.3 is 0 Å². The first kappa shape index (κ1) is 12.4. The van der Waals surface area contributed by atoms with Crippen LogP contribution in [0.15, 0.2) is 0 Å². The van der Waals surface area contributed by atoms with Gasteiger partial charge in [-0.25, -0.2) is 0 Å². The van der Waals surface area contributed by atoms with Gasteiger partial charge in [-0.1, -0.05) is 41.5 Å². The van der Waals surface area contributed by atoms with E-state index in [0.29, 0.717) is 10.8 Å². The Morgan fingerprint density at radius 1 is 0.857 bits per heavy atom. The average molecular weight is 214 g/mol. The smallest absolute Gasteiger partial charge is 0.00958 e. The van der Waals surface area contributed by atoms with E-state index in [-0.39, 0.29) is 0 Å². The molecule has 1 aliphatic heterocycles. The van der Waals surface area contributed by atoms with Gasteiger partial charge in [0.25, 0.3) is 0 Å². The van der Waals surface area contributed by atoms with Crippen LogP contribution in [0, 0.1) is 16.7 Å². The zero-order valence-corrected chi connectivity index (χ0v) is 11.5. The molecule has 0 aromatic carbocycles. The highest BCUT2D eigenvalue weighted by molar-refractivity contribution is 8.00. The summed E-state index contributed by atoms with van der Waals surface area (Å²) >= 11 is 2.21. The molecule has 2 unspecified atom stereocenters. The summed E-state index contributed by atoms with van der Waals surface area (Å²) < 4.78 is 0. The van der Waals surface area contributed by atoms with Gasteiger partial charge >= 0.3 is 0 Å². The van der Waals surface area contributed by atoms with Crippen LogP contribution in [0.4, 0.5) is 0 Å². The second kappa shape index (κ2) is 4.08. The van der Waals surface area contributed by atoms with Crippen LogP contribution in [-0.2, 0) is 0 Å². The Bertz CT molecular complexity index is 152. The second-order valence-corrected chi connectivity index (χ2v) is 8.06. The first-order chi connectivity index (χ1) is 6.21. The normalized spacial score (nSPS) is 30.4. The Morgan fingerprint density at radius 2 is 1.43 bits per heavy atom. The molecule has 0 N–H and O–H groups in total. The van der Waals surface area contributed by atoms with Crippen LogP contribution < -0.4 is 0 Å². The molecule has 0 saturated carbocycles. The summed E-state index contributed by atoms with van der Waals surface area (Å²) in [7, 11) is 0. The lowest BCUT2D eigenvalue weighted by Crippen LogP contribution is -2.33. The van der Waals surface area contributed by atoms with Crippen LogP contribution >= 0.6 is 11.8 Å². The van der Waals surface area contributed by atoms with E-state index >= 15 is 0 Å². The number of hydrogen-bond donors (Lipinski definition) is 0. The van der Waals surface area contributed by atoms with Crippen LogP contribution in [0.3, 0.4) is 0 Å². The maximum atomic E-state index is 2.38. The van der Waals surface area contributed by atoms with Crippen molar-refractivity contribution < 1.29 is 0 Å². The Morgan fingerprint density at radius 3 is 1.71 bits per heavy atom. The quantitative estimate of drug-likeness (QED) is 0.568. The molecule has 1 heterocycles. The molecule has 1 aliphatic rings. The number of thioether (sulfide) groups is 1. The first-order valence-electron chi connectivity index (χ1n) is 5.83. The number of hydrogen-bond acceptors (Lipinski definition) is 1. The largest absolute Gasteiger partial charge is 0.158 e. The lowest BCUT2D eigenvalue weighted by Gasteiger charge is -2.41.